The number of fused-ring (bicyclic) bond motifs is 1. The van der Waals surface area contributed by atoms with Crippen LogP contribution in [0, 0.1) is 0 Å². The fraction of sp³-hybridized carbons (Fsp3) is 0.0625. The molecule has 3 heteroatoms. The number of para-hydroxylation sites is 1. The van der Waals surface area contributed by atoms with Crippen molar-refractivity contribution in [1.82, 2.24) is 4.98 Å². The van der Waals surface area contributed by atoms with Gasteiger partial charge < -0.3 is 0 Å². The predicted octanol–water partition coefficient (Wildman–Crippen LogP) is 1.90. The molecule has 1 aromatic heterocycles. The van der Waals surface area contributed by atoms with Crippen molar-refractivity contribution in [2.75, 3.05) is 7.11 Å². The summed E-state index contributed by atoms with van der Waals surface area (Å²) < 4.78 is 7.83. The van der Waals surface area contributed by atoms with Crippen LogP contribution in [0.1, 0.15) is 0 Å². The van der Waals surface area contributed by atoms with Gasteiger partial charge in [-0.15, -0.1) is 0 Å². The van der Waals surface area contributed by atoms with E-state index in [1.54, 1.807) is 7.11 Å². The molecular formula is C16H13NOSe. The zero-order chi connectivity index (χ0) is 13.1. The van der Waals surface area contributed by atoms with Crippen LogP contribution in [0.2, 0.25) is 0 Å². The topological polar surface area (TPSA) is 22.1 Å². The maximum absolute atomic E-state index is 5.18. The summed E-state index contributed by atoms with van der Waals surface area (Å²) in [6, 6.07) is 18.7. The summed E-state index contributed by atoms with van der Waals surface area (Å²) in [5.41, 5.74) is 1.11. The molecule has 2 nitrogen and oxygen atoms in total. The number of aromatic nitrogens is 1. The van der Waals surface area contributed by atoms with E-state index in [4.69, 9.17) is 4.74 Å². The Balaban J connectivity index is 1.96. The van der Waals surface area contributed by atoms with Gasteiger partial charge in [-0.2, -0.15) is 0 Å². The Labute approximate surface area is 118 Å². The molecule has 0 bridgehead atoms. The molecule has 3 aromatic rings. The first-order valence-electron chi connectivity index (χ1n) is 6.02. The second kappa shape index (κ2) is 5.43. The molecule has 94 valence electrons. The van der Waals surface area contributed by atoms with E-state index in [-0.39, 0.29) is 15.0 Å². The molecule has 0 spiro atoms. The van der Waals surface area contributed by atoms with Crippen molar-refractivity contribution >= 4 is 34.8 Å². The molecule has 0 fully saturated rings. The van der Waals surface area contributed by atoms with Crippen LogP contribution in [0.5, 0.6) is 5.75 Å². The van der Waals surface area contributed by atoms with E-state index >= 15 is 0 Å². The number of pyridine rings is 1. The number of hydrogen-bond acceptors (Lipinski definition) is 2. The summed E-state index contributed by atoms with van der Waals surface area (Å²) in [6.07, 6.45) is 1.86. The second-order valence-electron chi connectivity index (χ2n) is 4.11. The fourth-order valence-corrected chi connectivity index (χ4v) is 3.90. The summed E-state index contributed by atoms with van der Waals surface area (Å²) >= 11 is 0.264. The molecule has 19 heavy (non-hydrogen) atoms. The van der Waals surface area contributed by atoms with Crippen LogP contribution in [0.3, 0.4) is 0 Å². The maximum atomic E-state index is 5.18. The van der Waals surface area contributed by atoms with Crippen LogP contribution < -0.4 is 13.7 Å². The molecule has 1 heterocycles. The van der Waals surface area contributed by atoms with Gasteiger partial charge >= 0.3 is 118 Å². The van der Waals surface area contributed by atoms with Crippen LogP contribution in [-0.4, -0.2) is 27.1 Å². The van der Waals surface area contributed by atoms with Crippen LogP contribution in [-0.2, 0) is 0 Å². The van der Waals surface area contributed by atoms with Crippen molar-refractivity contribution in [2.45, 2.75) is 0 Å². The van der Waals surface area contributed by atoms with Gasteiger partial charge in [0.1, 0.15) is 0 Å². The molecule has 0 saturated heterocycles. The number of rotatable bonds is 3. The first-order valence-corrected chi connectivity index (χ1v) is 7.74. The van der Waals surface area contributed by atoms with Gasteiger partial charge in [0.15, 0.2) is 0 Å². The first kappa shape index (κ1) is 12.2. The Morgan fingerprint density at radius 3 is 2.53 bits per heavy atom. The van der Waals surface area contributed by atoms with E-state index in [1.165, 1.54) is 14.3 Å². The van der Waals surface area contributed by atoms with Gasteiger partial charge in [0.2, 0.25) is 0 Å². The molecular weight excluding hydrogens is 301 g/mol. The number of nitrogens with zero attached hydrogens (tertiary/aromatic N) is 1. The molecule has 0 saturated carbocycles. The van der Waals surface area contributed by atoms with Gasteiger partial charge in [0.25, 0.3) is 0 Å². The van der Waals surface area contributed by atoms with E-state index in [2.05, 4.69) is 41.4 Å². The number of benzene rings is 2. The normalized spacial score (nSPS) is 10.6. The summed E-state index contributed by atoms with van der Waals surface area (Å²) in [6.45, 7) is 0. The Hall–Kier alpha value is -1.83. The van der Waals surface area contributed by atoms with Crippen LogP contribution in [0.4, 0.5) is 0 Å². The van der Waals surface area contributed by atoms with Crippen molar-refractivity contribution in [3.63, 3.8) is 0 Å². The first-order chi connectivity index (χ1) is 9.36. The van der Waals surface area contributed by atoms with Gasteiger partial charge in [0, 0.05) is 0 Å². The van der Waals surface area contributed by atoms with E-state index in [9.17, 15) is 0 Å². The monoisotopic (exact) mass is 315 g/mol. The third kappa shape index (κ3) is 2.62. The van der Waals surface area contributed by atoms with Gasteiger partial charge in [-0.1, -0.05) is 0 Å². The van der Waals surface area contributed by atoms with E-state index in [0.717, 1.165) is 11.3 Å². The van der Waals surface area contributed by atoms with Gasteiger partial charge in [0.05, 0.1) is 0 Å². The zero-order valence-electron chi connectivity index (χ0n) is 10.5. The van der Waals surface area contributed by atoms with E-state index in [1.807, 2.05) is 24.4 Å². The minimum absolute atomic E-state index is 0.264. The van der Waals surface area contributed by atoms with E-state index < -0.39 is 0 Å². The van der Waals surface area contributed by atoms with Crippen LogP contribution in [0.25, 0.3) is 10.9 Å². The fourth-order valence-electron chi connectivity index (χ4n) is 1.93. The van der Waals surface area contributed by atoms with Crippen molar-refractivity contribution in [2.24, 2.45) is 0 Å². The summed E-state index contributed by atoms with van der Waals surface area (Å²) in [5, 5.41) is 1.20. The Morgan fingerprint density at radius 1 is 0.947 bits per heavy atom. The number of methoxy groups -OCH3 is 1. The van der Waals surface area contributed by atoms with Crippen molar-refractivity contribution in [3.05, 3.63) is 60.8 Å². The SMILES string of the molecule is COc1ccc([Se]c2cccc3cccnc23)cc1. The molecule has 0 amide bonds. The molecule has 0 atom stereocenters. The van der Waals surface area contributed by atoms with Crippen LogP contribution >= 0.6 is 0 Å². The molecule has 0 aliphatic carbocycles. The van der Waals surface area contributed by atoms with Crippen molar-refractivity contribution in [3.8, 4) is 5.75 Å². The summed E-state index contributed by atoms with van der Waals surface area (Å²) in [7, 11) is 1.69. The minimum atomic E-state index is 0.264. The third-order valence-electron chi connectivity index (χ3n) is 2.88. The van der Waals surface area contributed by atoms with Gasteiger partial charge in [-0.25, -0.2) is 0 Å². The summed E-state index contributed by atoms with van der Waals surface area (Å²) in [4.78, 5) is 4.50. The molecule has 2 aromatic carbocycles. The number of ether oxygens (including phenoxy) is 1. The molecule has 0 radical (unpaired) electrons. The zero-order valence-corrected chi connectivity index (χ0v) is 12.3. The second-order valence-corrected chi connectivity index (χ2v) is 6.45. The molecule has 0 unspecified atom stereocenters. The average Bonchev–Trinajstić information content (AvgIpc) is 2.48. The van der Waals surface area contributed by atoms with Gasteiger partial charge in [-0.3, -0.25) is 0 Å². The third-order valence-corrected chi connectivity index (χ3v) is 5.10. The van der Waals surface area contributed by atoms with Crippen molar-refractivity contribution < 1.29 is 4.74 Å². The standard InChI is InChI=1S/C16H13NOSe/c1-18-13-7-9-14(10-8-13)19-15-6-2-4-12-5-3-11-17-16(12)15/h2-11H,1H3. The molecule has 3 rings (SSSR count). The summed E-state index contributed by atoms with van der Waals surface area (Å²) in [5.74, 6) is 0.899. The Bertz CT molecular complexity index is 689. The average molecular weight is 314 g/mol. The van der Waals surface area contributed by atoms with Crippen LogP contribution in [0.15, 0.2) is 60.8 Å². The molecule has 0 aliphatic heterocycles. The number of hydrogen-bond donors (Lipinski definition) is 0. The quantitative estimate of drug-likeness (QED) is 0.689. The Kier molecular flexibility index (Phi) is 3.49. The Morgan fingerprint density at radius 2 is 1.74 bits per heavy atom. The predicted molar refractivity (Wildman–Crippen MR) is 79.8 cm³/mol. The van der Waals surface area contributed by atoms with E-state index in [0.29, 0.717) is 0 Å². The molecule has 0 N–H and O–H groups in total. The molecule has 0 aliphatic rings. The van der Waals surface area contributed by atoms with Gasteiger partial charge in [-0.05, 0) is 0 Å². The van der Waals surface area contributed by atoms with Crippen molar-refractivity contribution in [1.29, 1.82) is 0 Å².